The van der Waals surface area contributed by atoms with Gasteiger partial charge in [-0.3, -0.25) is 14.5 Å². The molecule has 0 spiro atoms. The predicted octanol–water partition coefficient (Wildman–Crippen LogP) is 3.52. The molecule has 0 unspecified atom stereocenters. The van der Waals surface area contributed by atoms with E-state index >= 15 is 0 Å². The van der Waals surface area contributed by atoms with Crippen molar-refractivity contribution in [3.05, 3.63) is 59.1 Å². The molecule has 0 radical (unpaired) electrons. The van der Waals surface area contributed by atoms with Crippen molar-refractivity contribution in [1.82, 2.24) is 0 Å². The van der Waals surface area contributed by atoms with Crippen LogP contribution in [0.3, 0.4) is 0 Å². The molecule has 0 aromatic heterocycles. The Hall–Kier alpha value is -2.13. The van der Waals surface area contributed by atoms with Gasteiger partial charge in [0.15, 0.2) is 0 Å². The Labute approximate surface area is 121 Å². The first-order valence-electron chi connectivity index (χ1n) is 6.33. The normalized spacial score (nSPS) is 14.9. The van der Waals surface area contributed by atoms with Gasteiger partial charge in [-0.1, -0.05) is 29.8 Å². The van der Waals surface area contributed by atoms with Gasteiger partial charge in [-0.2, -0.15) is 0 Å². The molecular formula is C16H12ClNO2. The number of benzene rings is 2. The van der Waals surface area contributed by atoms with Crippen LogP contribution in [0.4, 0.5) is 11.4 Å². The van der Waals surface area contributed by atoms with E-state index in [-0.39, 0.29) is 18.1 Å². The van der Waals surface area contributed by atoms with Crippen LogP contribution in [0.5, 0.6) is 0 Å². The number of para-hydroxylation sites is 1. The summed E-state index contributed by atoms with van der Waals surface area (Å²) in [5.74, 6) is -0.263. The van der Waals surface area contributed by atoms with Gasteiger partial charge in [-0.15, -0.1) is 0 Å². The Morgan fingerprint density at radius 3 is 2.35 bits per heavy atom. The summed E-state index contributed by atoms with van der Waals surface area (Å²) in [6.07, 6.45) is 0.226. The summed E-state index contributed by atoms with van der Waals surface area (Å²) in [6, 6.07) is 14.5. The van der Waals surface area contributed by atoms with E-state index in [1.807, 2.05) is 24.3 Å². The number of amides is 1. The molecular weight excluding hydrogens is 274 g/mol. The van der Waals surface area contributed by atoms with Crippen LogP contribution in [0.25, 0.3) is 0 Å². The Balaban J connectivity index is 2.15. The number of nitrogens with zero attached hydrogens (tertiary/aromatic N) is 1. The van der Waals surface area contributed by atoms with Gasteiger partial charge in [0.25, 0.3) is 0 Å². The molecule has 1 aliphatic heterocycles. The third-order valence-electron chi connectivity index (χ3n) is 3.30. The highest BCUT2D eigenvalue weighted by Gasteiger charge is 2.27. The van der Waals surface area contributed by atoms with E-state index in [0.29, 0.717) is 11.4 Å². The number of Topliss-reactive ketones (excluding diaryl/α,β-unsaturated/α-hetero) is 1. The Morgan fingerprint density at radius 2 is 1.60 bits per heavy atom. The molecule has 1 amide bonds. The molecule has 1 heterocycles. The predicted molar refractivity (Wildman–Crippen MR) is 78.4 cm³/mol. The van der Waals surface area contributed by atoms with Crippen LogP contribution in [0.1, 0.15) is 12.0 Å². The monoisotopic (exact) mass is 285 g/mol. The first kappa shape index (κ1) is 12.9. The summed E-state index contributed by atoms with van der Waals surface area (Å²) in [4.78, 5) is 25.8. The Bertz CT molecular complexity index is 679. The zero-order chi connectivity index (χ0) is 14.1. The second-order valence-electron chi connectivity index (χ2n) is 4.73. The molecule has 0 bridgehead atoms. The molecule has 4 heteroatoms. The van der Waals surface area contributed by atoms with Crippen LogP contribution in [0.15, 0.2) is 48.5 Å². The van der Waals surface area contributed by atoms with Crippen molar-refractivity contribution in [2.45, 2.75) is 12.8 Å². The molecule has 100 valence electrons. The number of carbonyl (C=O) groups excluding carboxylic acids is 2. The van der Waals surface area contributed by atoms with Gasteiger partial charge in [0.05, 0.1) is 12.1 Å². The number of rotatable bonds is 1. The van der Waals surface area contributed by atoms with E-state index in [2.05, 4.69) is 0 Å². The van der Waals surface area contributed by atoms with Crippen LogP contribution in [0, 0.1) is 0 Å². The number of hydrogen-bond donors (Lipinski definition) is 0. The van der Waals surface area contributed by atoms with E-state index in [4.69, 9.17) is 11.6 Å². The fraction of sp³-hybridized carbons (Fsp3) is 0.125. The Kier molecular flexibility index (Phi) is 3.28. The van der Waals surface area contributed by atoms with Gasteiger partial charge in [0.1, 0.15) is 5.78 Å². The van der Waals surface area contributed by atoms with Gasteiger partial charge in [-0.05, 0) is 35.9 Å². The number of anilines is 2. The quantitative estimate of drug-likeness (QED) is 0.752. The SMILES string of the molecule is O=C1CC(=O)N(c2ccc(Cl)cc2)c2ccccc2C1. The van der Waals surface area contributed by atoms with Crippen molar-refractivity contribution in [2.24, 2.45) is 0 Å². The van der Waals surface area contributed by atoms with Gasteiger partial charge < -0.3 is 0 Å². The maximum atomic E-state index is 12.3. The maximum Gasteiger partial charge on any atom is 0.239 e. The van der Waals surface area contributed by atoms with Crippen LogP contribution >= 0.6 is 11.6 Å². The highest BCUT2D eigenvalue weighted by molar-refractivity contribution is 6.30. The minimum absolute atomic E-state index is 0.0566. The van der Waals surface area contributed by atoms with Gasteiger partial charge in [0, 0.05) is 17.1 Å². The van der Waals surface area contributed by atoms with Crippen LogP contribution in [-0.2, 0) is 16.0 Å². The molecule has 0 aliphatic carbocycles. The summed E-state index contributed by atoms with van der Waals surface area (Å²) in [6.45, 7) is 0. The summed E-state index contributed by atoms with van der Waals surface area (Å²) in [5.41, 5.74) is 2.37. The number of hydrogen-bond acceptors (Lipinski definition) is 2. The summed E-state index contributed by atoms with van der Waals surface area (Å²) in [7, 11) is 0. The van der Waals surface area contributed by atoms with Gasteiger partial charge in [0.2, 0.25) is 5.91 Å². The van der Waals surface area contributed by atoms with Crippen LogP contribution in [-0.4, -0.2) is 11.7 Å². The molecule has 0 N–H and O–H groups in total. The molecule has 20 heavy (non-hydrogen) atoms. The van der Waals surface area contributed by atoms with Crippen molar-refractivity contribution in [3.63, 3.8) is 0 Å². The first-order chi connectivity index (χ1) is 9.65. The fourth-order valence-corrected chi connectivity index (χ4v) is 2.53. The molecule has 2 aromatic rings. The minimum atomic E-state index is -0.206. The third kappa shape index (κ3) is 2.32. The first-order valence-corrected chi connectivity index (χ1v) is 6.71. The highest BCUT2D eigenvalue weighted by Crippen LogP contribution is 2.32. The topological polar surface area (TPSA) is 37.4 Å². The van der Waals surface area contributed by atoms with Gasteiger partial charge in [-0.25, -0.2) is 0 Å². The average Bonchev–Trinajstić information content (AvgIpc) is 2.55. The molecule has 0 saturated heterocycles. The minimum Gasteiger partial charge on any atom is -0.299 e. The second kappa shape index (κ2) is 5.10. The third-order valence-corrected chi connectivity index (χ3v) is 3.55. The zero-order valence-electron chi connectivity index (χ0n) is 10.7. The summed E-state index contributed by atoms with van der Waals surface area (Å²) < 4.78 is 0. The summed E-state index contributed by atoms with van der Waals surface area (Å²) >= 11 is 5.89. The van der Waals surface area contributed by atoms with E-state index < -0.39 is 0 Å². The molecule has 3 rings (SSSR count). The number of fused-ring (bicyclic) bond motifs is 1. The van der Waals surface area contributed by atoms with E-state index in [0.717, 1.165) is 16.9 Å². The molecule has 3 nitrogen and oxygen atoms in total. The molecule has 2 aromatic carbocycles. The molecule has 0 saturated carbocycles. The van der Waals surface area contributed by atoms with Gasteiger partial charge >= 0.3 is 0 Å². The van der Waals surface area contributed by atoms with Crippen molar-refractivity contribution in [3.8, 4) is 0 Å². The number of ketones is 1. The number of carbonyl (C=O) groups is 2. The molecule has 1 aliphatic rings. The maximum absolute atomic E-state index is 12.3. The van der Waals surface area contributed by atoms with Crippen molar-refractivity contribution in [2.75, 3.05) is 4.90 Å². The fourth-order valence-electron chi connectivity index (χ4n) is 2.41. The highest BCUT2D eigenvalue weighted by atomic mass is 35.5. The van der Waals surface area contributed by atoms with E-state index in [1.54, 1.807) is 29.2 Å². The van der Waals surface area contributed by atoms with E-state index in [1.165, 1.54) is 0 Å². The second-order valence-corrected chi connectivity index (χ2v) is 5.16. The number of halogens is 1. The zero-order valence-corrected chi connectivity index (χ0v) is 11.4. The van der Waals surface area contributed by atoms with Crippen molar-refractivity contribution in [1.29, 1.82) is 0 Å². The average molecular weight is 286 g/mol. The lowest BCUT2D eigenvalue weighted by atomic mass is 10.1. The summed E-state index contributed by atoms with van der Waals surface area (Å²) in [5, 5.41) is 0.611. The van der Waals surface area contributed by atoms with Crippen LogP contribution in [0.2, 0.25) is 5.02 Å². The van der Waals surface area contributed by atoms with Crippen LogP contribution < -0.4 is 4.90 Å². The molecule has 0 fully saturated rings. The standard InChI is InChI=1S/C16H12ClNO2/c17-12-5-7-13(8-6-12)18-15-4-2-1-3-11(15)9-14(19)10-16(18)20/h1-8H,9-10H2. The largest absolute Gasteiger partial charge is 0.299 e. The lowest BCUT2D eigenvalue weighted by Crippen LogP contribution is -2.26. The van der Waals surface area contributed by atoms with E-state index in [9.17, 15) is 9.59 Å². The van der Waals surface area contributed by atoms with Crippen molar-refractivity contribution >= 4 is 34.7 Å². The smallest absolute Gasteiger partial charge is 0.239 e. The lowest BCUT2D eigenvalue weighted by Gasteiger charge is -2.22. The Morgan fingerprint density at radius 1 is 0.900 bits per heavy atom. The van der Waals surface area contributed by atoms with Crippen molar-refractivity contribution < 1.29 is 9.59 Å². The molecule has 0 atom stereocenters. The lowest BCUT2D eigenvalue weighted by molar-refractivity contribution is -0.125.